The third kappa shape index (κ3) is 3.71. The maximum absolute atomic E-state index is 11.2. The van der Waals surface area contributed by atoms with Crippen molar-refractivity contribution < 1.29 is 8.42 Å². The monoisotopic (exact) mass is 283 g/mol. The Morgan fingerprint density at radius 3 is 2.61 bits per heavy atom. The van der Waals surface area contributed by atoms with Crippen molar-refractivity contribution in [2.24, 2.45) is 0 Å². The number of para-hydroxylation sites is 2. The van der Waals surface area contributed by atoms with Gasteiger partial charge in [0.05, 0.1) is 29.7 Å². The highest BCUT2D eigenvalue weighted by Crippen LogP contribution is 2.22. The van der Waals surface area contributed by atoms with Gasteiger partial charge in [0.2, 0.25) is 10.0 Å². The number of hydrogen-bond donors (Lipinski definition) is 2. The minimum absolute atomic E-state index is 0.546. The van der Waals surface area contributed by atoms with Gasteiger partial charge in [-0.1, -0.05) is 12.1 Å². The van der Waals surface area contributed by atoms with Crippen LogP contribution in [0.2, 0.25) is 0 Å². The molecule has 0 radical (unpaired) electrons. The molecule has 2 aromatic rings. The Kier molecular flexibility index (Phi) is 3.83. The third-order valence-electron chi connectivity index (χ3n) is 2.16. The van der Waals surface area contributed by atoms with Crippen LogP contribution < -0.4 is 10.0 Å². The molecule has 0 aliphatic carbocycles. The number of rotatable bonds is 5. The second-order valence-electron chi connectivity index (χ2n) is 3.74. The van der Waals surface area contributed by atoms with E-state index in [1.54, 1.807) is 35.2 Å². The van der Waals surface area contributed by atoms with Gasteiger partial charge in [-0.25, -0.2) is 8.42 Å². The Morgan fingerprint density at radius 1 is 1.28 bits per heavy atom. The molecule has 18 heavy (non-hydrogen) atoms. The summed E-state index contributed by atoms with van der Waals surface area (Å²) in [6.07, 6.45) is 2.91. The molecular formula is C11H13N3O2S2. The van der Waals surface area contributed by atoms with Gasteiger partial charge >= 0.3 is 0 Å². The van der Waals surface area contributed by atoms with Crippen molar-refractivity contribution in [3.63, 3.8) is 0 Å². The summed E-state index contributed by atoms with van der Waals surface area (Å²) in [5, 5.41) is 3.18. The number of anilines is 2. The maximum atomic E-state index is 11.2. The number of nitrogens with one attached hydrogen (secondary N) is 2. The smallest absolute Gasteiger partial charge is 0.229 e. The lowest BCUT2D eigenvalue weighted by atomic mass is 10.2. The van der Waals surface area contributed by atoms with Crippen molar-refractivity contribution in [1.82, 2.24) is 4.98 Å². The molecule has 2 N–H and O–H groups in total. The number of aromatic nitrogens is 1. The van der Waals surface area contributed by atoms with Gasteiger partial charge in [-0.05, 0) is 12.1 Å². The quantitative estimate of drug-likeness (QED) is 0.882. The van der Waals surface area contributed by atoms with Crippen LogP contribution in [0.4, 0.5) is 11.4 Å². The minimum Gasteiger partial charge on any atom is -0.378 e. The zero-order valence-corrected chi connectivity index (χ0v) is 11.4. The number of benzene rings is 1. The Bertz CT molecular complexity index is 609. The molecule has 1 heterocycles. The lowest BCUT2D eigenvalue weighted by Crippen LogP contribution is -2.11. The average Bonchev–Trinajstić information content (AvgIpc) is 2.79. The lowest BCUT2D eigenvalue weighted by molar-refractivity contribution is 0.607. The first-order chi connectivity index (χ1) is 8.54. The summed E-state index contributed by atoms with van der Waals surface area (Å²) in [4.78, 5) is 5.07. The summed E-state index contributed by atoms with van der Waals surface area (Å²) >= 11 is 1.55. The lowest BCUT2D eigenvalue weighted by Gasteiger charge is -2.11. The van der Waals surface area contributed by atoms with E-state index in [1.807, 2.05) is 12.1 Å². The zero-order chi connectivity index (χ0) is 13.0. The fourth-order valence-electron chi connectivity index (χ4n) is 1.44. The molecule has 0 amide bonds. The van der Waals surface area contributed by atoms with Gasteiger partial charge in [0, 0.05) is 11.1 Å². The highest BCUT2D eigenvalue weighted by Gasteiger charge is 2.06. The SMILES string of the molecule is CS(=O)(=O)Nc1ccccc1NCc1cncs1. The minimum atomic E-state index is -3.27. The Balaban J connectivity index is 2.12. The molecule has 5 nitrogen and oxygen atoms in total. The Labute approximate surface area is 110 Å². The molecule has 0 saturated carbocycles. The molecule has 0 saturated heterocycles. The van der Waals surface area contributed by atoms with Gasteiger partial charge in [-0.3, -0.25) is 9.71 Å². The van der Waals surface area contributed by atoms with Crippen LogP contribution in [0.15, 0.2) is 36.0 Å². The Morgan fingerprint density at radius 2 is 2.00 bits per heavy atom. The summed E-state index contributed by atoms with van der Waals surface area (Å²) in [6, 6.07) is 7.18. The van der Waals surface area contributed by atoms with Crippen LogP contribution in [0.3, 0.4) is 0 Å². The predicted molar refractivity (Wildman–Crippen MR) is 74.3 cm³/mol. The van der Waals surface area contributed by atoms with E-state index in [-0.39, 0.29) is 0 Å². The van der Waals surface area contributed by atoms with E-state index < -0.39 is 10.0 Å². The highest BCUT2D eigenvalue weighted by atomic mass is 32.2. The van der Waals surface area contributed by atoms with E-state index >= 15 is 0 Å². The fourth-order valence-corrected chi connectivity index (χ4v) is 2.55. The summed E-state index contributed by atoms with van der Waals surface area (Å²) in [5.74, 6) is 0. The summed E-state index contributed by atoms with van der Waals surface area (Å²) in [7, 11) is -3.27. The normalized spacial score (nSPS) is 11.2. The number of hydrogen-bond acceptors (Lipinski definition) is 5. The molecule has 7 heteroatoms. The molecular weight excluding hydrogens is 270 g/mol. The van der Waals surface area contributed by atoms with Crippen molar-refractivity contribution in [1.29, 1.82) is 0 Å². The van der Waals surface area contributed by atoms with Crippen LogP contribution in [0, 0.1) is 0 Å². The maximum Gasteiger partial charge on any atom is 0.229 e. The molecule has 96 valence electrons. The number of sulfonamides is 1. The van der Waals surface area contributed by atoms with E-state index in [0.29, 0.717) is 12.2 Å². The van der Waals surface area contributed by atoms with Gasteiger partial charge in [0.15, 0.2) is 0 Å². The van der Waals surface area contributed by atoms with E-state index in [0.717, 1.165) is 16.8 Å². The van der Waals surface area contributed by atoms with E-state index in [4.69, 9.17) is 0 Å². The first-order valence-electron chi connectivity index (χ1n) is 5.23. The van der Waals surface area contributed by atoms with Crippen LogP contribution in [-0.2, 0) is 16.6 Å². The molecule has 1 aromatic heterocycles. The van der Waals surface area contributed by atoms with Crippen LogP contribution in [0.25, 0.3) is 0 Å². The first kappa shape index (κ1) is 12.8. The van der Waals surface area contributed by atoms with Crippen molar-refractivity contribution in [3.05, 3.63) is 40.8 Å². The third-order valence-corrected chi connectivity index (χ3v) is 3.53. The standard InChI is InChI=1S/C11H13N3O2S2/c1-18(15,16)14-11-5-3-2-4-10(11)13-7-9-6-12-8-17-9/h2-6,8,13-14H,7H2,1H3. The van der Waals surface area contributed by atoms with E-state index in [1.165, 1.54) is 0 Å². The molecule has 0 unspecified atom stereocenters. The molecule has 0 fully saturated rings. The van der Waals surface area contributed by atoms with Crippen LogP contribution in [0.1, 0.15) is 4.88 Å². The van der Waals surface area contributed by atoms with Crippen molar-refractivity contribution >= 4 is 32.7 Å². The van der Waals surface area contributed by atoms with Crippen LogP contribution >= 0.6 is 11.3 Å². The molecule has 1 aromatic carbocycles. The van der Waals surface area contributed by atoms with Crippen molar-refractivity contribution in [2.45, 2.75) is 6.54 Å². The van der Waals surface area contributed by atoms with E-state index in [9.17, 15) is 8.42 Å². The molecule has 0 atom stereocenters. The first-order valence-corrected chi connectivity index (χ1v) is 8.00. The Hall–Kier alpha value is -1.60. The molecule has 0 aliphatic heterocycles. The number of nitrogens with zero attached hydrogens (tertiary/aromatic N) is 1. The topological polar surface area (TPSA) is 71.1 Å². The van der Waals surface area contributed by atoms with Gasteiger partial charge < -0.3 is 5.32 Å². The molecule has 0 aliphatic rings. The van der Waals surface area contributed by atoms with Gasteiger partial charge in [0.25, 0.3) is 0 Å². The fraction of sp³-hybridized carbons (Fsp3) is 0.182. The largest absolute Gasteiger partial charge is 0.378 e. The molecule has 0 spiro atoms. The summed E-state index contributed by atoms with van der Waals surface area (Å²) < 4.78 is 25.0. The highest BCUT2D eigenvalue weighted by molar-refractivity contribution is 7.92. The predicted octanol–water partition coefficient (Wildman–Crippen LogP) is 2.13. The van der Waals surface area contributed by atoms with Crippen LogP contribution in [-0.4, -0.2) is 19.7 Å². The van der Waals surface area contributed by atoms with Gasteiger partial charge in [-0.15, -0.1) is 11.3 Å². The van der Waals surface area contributed by atoms with Crippen LogP contribution in [0.5, 0.6) is 0 Å². The van der Waals surface area contributed by atoms with Crippen molar-refractivity contribution in [3.8, 4) is 0 Å². The van der Waals surface area contributed by atoms with Crippen molar-refractivity contribution in [2.75, 3.05) is 16.3 Å². The summed E-state index contributed by atoms with van der Waals surface area (Å²) in [6.45, 7) is 0.618. The molecule has 2 rings (SSSR count). The van der Waals surface area contributed by atoms with Gasteiger partial charge in [0.1, 0.15) is 0 Å². The summed E-state index contributed by atoms with van der Waals surface area (Å²) in [5.41, 5.74) is 3.05. The second-order valence-corrected chi connectivity index (χ2v) is 6.46. The van der Waals surface area contributed by atoms with Gasteiger partial charge in [-0.2, -0.15) is 0 Å². The molecule has 0 bridgehead atoms. The average molecular weight is 283 g/mol. The van der Waals surface area contributed by atoms with E-state index in [2.05, 4.69) is 15.0 Å². The zero-order valence-electron chi connectivity index (χ0n) is 9.75. The number of thiazole rings is 1. The second kappa shape index (κ2) is 5.36.